The van der Waals surface area contributed by atoms with Gasteiger partial charge in [0.05, 0.1) is 18.4 Å². The van der Waals surface area contributed by atoms with Gasteiger partial charge in [-0.1, -0.05) is 43.5 Å². The van der Waals surface area contributed by atoms with E-state index in [4.69, 9.17) is 4.74 Å². The van der Waals surface area contributed by atoms with E-state index < -0.39 is 0 Å². The maximum atomic E-state index is 13.1. The van der Waals surface area contributed by atoms with Crippen LogP contribution in [0.2, 0.25) is 0 Å². The number of rotatable bonds is 7. The van der Waals surface area contributed by atoms with Crippen molar-refractivity contribution >= 4 is 22.6 Å². The number of aromatic nitrogens is 1. The summed E-state index contributed by atoms with van der Waals surface area (Å²) in [6.07, 6.45) is 7.35. The number of ether oxygens (including phenoxy) is 1. The summed E-state index contributed by atoms with van der Waals surface area (Å²) in [5.74, 6) is 0.240. The fourth-order valence-corrected chi connectivity index (χ4v) is 4.36. The fraction of sp³-hybridized carbons (Fsp3) is 0.346. The van der Waals surface area contributed by atoms with Crippen LogP contribution >= 0.6 is 0 Å². The lowest BCUT2D eigenvalue weighted by Gasteiger charge is -2.22. The number of carbonyl (C=O) groups excluding carboxylic acids is 2. The van der Waals surface area contributed by atoms with Gasteiger partial charge in [-0.05, 0) is 31.0 Å². The monoisotopic (exact) mass is 447 g/mol. The van der Waals surface area contributed by atoms with E-state index in [0.29, 0.717) is 27.8 Å². The van der Waals surface area contributed by atoms with E-state index in [0.717, 1.165) is 25.7 Å². The second-order valence-corrected chi connectivity index (χ2v) is 8.37. The Morgan fingerprint density at radius 3 is 2.55 bits per heavy atom. The Hall–Kier alpha value is -3.61. The molecule has 7 heteroatoms. The number of carbonyl (C=O) groups is 2. The van der Waals surface area contributed by atoms with Crippen LogP contribution in [0.25, 0.3) is 16.5 Å². The molecule has 0 bridgehead atoms. The highest BCUT2D eigenvalue weighted by molar-refractivity contribution is 6.06. The Morgan fingerprint density at radius 1 is 1.03 bits per heavy atom. The zero-order valence-electron chi connectivity index (χ0n) is 18.8. The van der Waals surface area contributed by atoms with Gasteiger partial charge in [-0.15, -0.1) is 0 Å². The minimum Gasteiger partial charge on any atom is -0.497 e. The molecule has 2 amide bonds. The lowest BCUT2D eigenvalue weighted by atomic mass is 9.95. The van der Waals surface area contributed by atoms with Crippen LogP contribution in [-0.4, -0.2) is 36.1 Å². The normalized spacial score (nSPS) is 14.1. The van der Waals surface area contributed by atoms with Gasteiger partial charge in [0.2, 0.25) is 5.91 Å². The van der Waals surface area contributed by atoms with Gasteiger partial charge in [0.25, 0.3) is 11.5 Å². The summed E-state index contributed by atoms with van der Waals surface area (Å²) in [5, 5.41) is 6.93. The molecule has 0 spiro atoms. The van der Waals surface area contributed by atoms with Gasteiger partial charge in [0.1, 0.15) is 5.75 Å². The van der Waals surface area contributed by atoms with Crippen molar-refractivity contribution in [2.45, 2.75) is 44.6 Å². The zero-order chi connectivity index (χ0) is 23.2. The predicted molar refractivity (Wildman–Crippen MR) is 128 cm³/mol. The van der Waals surface area contributed by atoms with E-state index >= 15 is 0 Å². The summed E-state index contributed by atoms with van der Waals surface area (Å²) in [7, 11) is 1.56. The first-order valence-corrected chi connectivity index (χ1v) is 11.4. The first kappa shape index (κ1) is 22.6. The van der Waals surface area contributed by atoms with Gasteiger partial charge >= 0.3 is 0 Å². The zero-order valence-corrected chi connectivity index (χ0v) is 18.8. The van der Waals surface area contributed by atoms with Crippen molar-refractivity contribution < 1.29 is 14.3 Å². The maximum Gasteiger partial charge on any atom is 0.262 e. The molecule has 1 aliphatic carbocycles. The number of hydrogen-bond donors (Lipinski definition) is 2. The van der Waals surface area contributed by atoms with E-state index in [9.17, 15) is 14.4 Å². The van der Waals surface area contributed by atoms with Crippen molar-refractivity contribution in [2.24, 2.45) is 0 Å². The first-order valence-electron chi connectivity index (χ1n) is 11.4. The average molecular weight is 448 g/mol. The molecule has 1 fully saturated rings. The van der Waals surface area contributed by atoms with Gasteiger partial charge < -0.3 is 15.4 Å². The maximum absolute atomic E-state index is 13.1. The third kappa shape index (κ3) is 5.25. The van der Waals surface area contributed by atoms with Crippen molar-refractivity contribution in [1.82, 2.24) is 15.2 Å². The van der Waals surface area contributed by atoms with Gasteiger partial charge in [-0.2, -0.15) is 0 Å². The molecular weight excluding hydrogens is 418 g/mol. The first-order chi connectivity index (χ1) is 16.1. The molecule has 172 valence electrons. The summed E-state index contributed by atoms with van der Waals surface area (Å²) >= 11 is 0. The Labute approximate surface area is 192 Å². The van der Waals surface area contributed by atoms with Crippen molar-refractivity contribution in [3.63, 3.8) is 0 Å². The van der Waals surface area contributed by atoms with Crippen molar-refractivity contribution in [3.8, 4) is 11.4 Å². The molecule has 0 aliphatic heterocycles. The Kier molecular flexibility index (Phi) is 7.07. The second-order valence-electron chi connectivity index (χ2n) is 8.37. The molecule has 2 aromatic carbocycles. The quantitative estimate of drug-likeness (QED) is 0.580. The molecule has 3 aromatic rings. The molecule has 0 saturated heterocycles. The number of hydrogen-bond acceptors (Lipinski definition) is 4. The molecule has 0 radical (unpaired) electrons. The number of fused-ring (bicyclic) bond motifs is 1. The molecule has 4 rings (SSSR count). The standard InChI is InChI=1S/C26H29N3O4/c1-33-20-11-7-10-19(16-20)29-17-23(21-12-5-6-13-22(21)26(29)32)25(31)27-15-14-24(30)28-18-8-3-2-4-9-18/h5-7,10-13,16-18H,2-4,8-9,14-15H2,1H3,(H,27,31)(H,28,30). The lowest BCUT2D eigenvalue weighted by molar-refractivity contribution is -0.121. The fourth-order valence-electron chi connectivity index (χ4n) is 4.36. The van der Waals surface area contributed by atoms with E-state index in [-0.39, 0.29) is 36.4 Å². The molecule has 1 aromatic heterocycles. The predicted octanol–water partition coefficient (Wildman–Crippen LogP) is 3.57. The number of nitrogens with zero attached hydrogens (tertiary/aromatic N) is 1. The molecule has 0 atom stereocenters. The molecule has 33 heavy (non-hydrogen) atoms. The van der Waals surface area contributed by atoms with Gasteiger partial charge in [-0.3, -0.25) is 19.0 Å². The van der Waals surface area contributed by atoms with E-state index in [1.807, 2.05) is 0 Å². The van der Waals surface area contributed by atoms with Gasteiger partial charge in [0, 0.05) is 42.0 Å². The van der Waals surface area contributed by atoms with Crippen molar-refractivity contribution in [1.29, 1.82) is 0 Å². The summed E-state index contributed by atoms with van der Waals surface area (Å²) in [4.78, 5) is 38.5. The van der Waals surface area contributed by atoms with Gasteiger partial charge in [0.15, 0.2) is 0 Å². The van der Waals surface area contributed by atoms with Crippen LogP contribution in [0.5, 0.6) is 5.75 Å². The van der Waals surface area contributed by atoms with Crippen LogP contribution in [0.15, 0.2) is 59.5 Å². The smallest absolute Gasteiger partial charge is 0.262 e. The van der Waals surface area contributed by atoms with Crippen molar-refractivity contribution in [2.75, 3.05) is 13.7 Å². The summed E-state index contributed by atoms with van der Waals surface area (Å²) in [5.41, 5.74) is 0.758. The van der Waals surface area contributed by atoms with Crippen LogP contribution in [0, 0.1) is 0 Å². The Balaban J connectivity index is 1.53. The summed E-state index contributed by atoms with van der Waals surface area (Å²) in [6, 6.07) is 14.4. The van der Waals surface area contributed by atoms with E-state index in [2.05, 4.69) is 10.6 Å². The van der Waals surface area contributed by atoms with Crippen LogP contribution < -0.4 is 20.9 Å². The molecule has 0 unspecified atom stereocenters. The molecule has 1 saturated carbocycles. The van der Waals surface area contributed by atoms with Gasteiger partial charge in [-0.25, -0.2) is 0 Å². The largest absolute Gasteiger partial charge is 0.497 e. The molecule has 7 nitrogen and oxygen atoms in total. The van der Waals surface area contributed by atoms with Crippen LogP contribution in [-0.2, 0) is 4.79 Å². The Bertz CT molecular complexity index is 1210. The highest BCUT2D eigenvalue weighted by atomic mass is 16.5. The third-order valence-corrected chi connectivity index (χ3v) is 6.11. The summed E-state index contributed by atoms with van der Waals surface area (Å²) < 4.78 is 6.73. The lowest BCUT2D eigenvalue weighted by Crippen LogP contribution is -2.38. The minimum atomic E-state index is -0.326. The van der Waals surface area contributed by atoms with E-state index in [1.165, 1.54) is 11.0 Å². The highest BCUT2D eigenvalue weighted by Gasteiger charge is 2.18. The summed E-state index contributed by atoms with van der Waals surface area (Å²) in [6.45, 7) is 0.226. The molecule has 1 aliphatic rings. The minimum absolute atomic E-state index is 0.0478. The highest BCUT2D eigenvalue weighted by Crippen LogP contribution is 2.20. The van der Waals surface area contributed by atoms with Crippen LogP contribution in [0.3, 0.4) is 0 Å². The molecule has 1 heterocycles. The average Bonchev–Trinajstić information content (AvgIpc) is 2.85. The second kappa shape index (κ2) is 10.3. The number of pyridine rings is 1. The molecular formula is C26H29N3O4. The number of nitrogens with one attached hydrogen (secondary N) is 2. The van der Waals surface area contributed by atoms with E-state index in [1.54, 1.807) is 61.8 Å². The van der Waals surface area contributed by atoms with Crippen LogP contribution in [0.4, 0.5) is 0 Å². The SMILES string of the molecule is COc1cccc(-n2cc(C(=O)NCCC(=O)NC3CCCCC3)c3ccccc3c2=O)c1. The number of benzene rings is 2. The Morgan fingerprint density at radius 2 is 1.79 bits per heavy atom. The van der Waals surface area contributed by atoms with Crippen LogP contribution in [0.1, 0.15) is 48.9 Å². The topological polar surface area (TPSA) is 89.4 Å². The van der Waals surface area contributed by atoms with Crippen molar-refractivity contribution in [3.05, 3.63) is 70.6 Å². The number of methoxy groups -OCH3 is 1. The number of amides is 2. The third-order valence-electron chi connectivity index (χ3n) is 6.11. The molecule has 2 N–H and O–H groups in total.